The summed E-state index contributed by atoms with van der Waals surface area (Å²) in [7, 11) is 0. The van der Waals surface area contributed by atoms with E-state index in [-0.39, 0.29) is 11.8 Å². The molecule has 1 amide bonds. The SMILES string of the molecule is O=C1C2CC2N=CN1Cc1ccccc1. The van der Waals surface area contributed by atoms with Gasteiger partial charge >= 0.3 is 0 Å². The predicted molar refractivity (Wildman–Crippen MR) is 57.4 cm³/mol. The summed E-state index contributed by atoms with van der Waals surface area (Å²) in [6.45, 7) is 0.645. The summed E-state index contributed by atoms with van der Waals surface area (Å²) in [5.41, 5.74) is 1.15. The van der Waals surface area contributed by atoms with Gasteiger partial charge in [-0.1, -0.05) is 30.3 Å². The van der Waals surface area contributed by atoms with Gasteiger partial charge < -0.3 is 0 Å². The van der Waals surface area contributed by atoms with Crippen molar-refractivity contribution < 1.29 is 4.79 Å². The fourth-order valence-corrected chi connectivity index (χ4v) is 1.95. The largest absolute Gasteiger partial charge is 0.298 e. The molecule has 0 radical (unpaired) electrons. The van der Waals surface area contributed by atoms with Crippen LogP contribution in [-0.4, -0.2) is 23.2 Å². The molecule has 1 aliphatic carbocycles. The highest BCUT2D eigenvalue weighted by Gasteiger charge is 2.47. The molecule has 0 aromatic heterocycles. The second kappa shape index (κ2) is 3.19. The van der Waals surface area contributed by atoms with Gasteiger partial charge in [0.15, 0.2) is 0 Å². The van der Waals surface area contributed by atoms with Crippen LogP contribution in [0.4, 0.5) is 0 Å². The molecule has 15 heavy (non-hydrogen) atoms. The van der Waals surface area contributed by atoms with E-state index in [0.717, 1.165) is 12.0 Å². The van der Waals surface area contributed by atoms with Crippen molar-refractivity contribution in [3.8, 4) is 0 Å². The molecular weight excluding hydrogens is 188 g/mol. The zero-order chi connectivity index (χ0) is 10.3. The Bertz CT molecular complexity index is 413. The molecule has 1 aromatic carbocycles. The third-order valence-electron chi connectivity index (χ3n) is 2.95. The number of amides is 1. The van der Waals surface area contributed by atoms with Gasteiger partial charge in [-0.25, -0.2) is 0 Å². The van der Waals surface area contributed by atoms with Gasteiger partial charge in [0.2, 0.25) is 5.91 Å². The average Bonchev–Trinajstić information content (AvgIpc) is 3.04. The van der Waals surface area contributed by atoms with E-state index < -0.39 is 0 Å². The number of hydrogen-bond acceptors (Lipinski definition) is 2. The predicted octanol–water partition coefficient (Wildman–Crippen LogP) is 1.45. The van der Waals surface area contributed by atoms with Gasteiger partial charge in [0, 0.05) is 0 Å². The lowest BCUT2D eigenvalue weighted by Crippen LogP contribution is -2.34. The van der Waals surface area contributed by atoms with E-state index in [2.05, 4.69) is 4.99 Å². The van der Waals surface area contributed by atoms with Crippen LogP contribution in [0.2, 0.25) is 0 Å². The maximum Gasteiger partial charge on any atom is 0.233 e. The number of rotatable bonds is 2. The topological polar surface area (TPSA) is 32.7 Å². The Labute approximate surface area is 88.4 Å². The standard InChI is InChI=1S/C12H12N2O/c15-12-10-6-11(10)13-8-14(12)7-9-4-2-1-3-5-9/h1-5,8,10-11H,6-7H2. The molecule has 76 valence electrons. The van der Waals surface area contributed by atoms with E-state index in [4.69, 9.17) is 0 Å². The highest BCUT2D eigenvalue weighted by Crippen LogP contribution is 2.37. The minimum absolute atomic E-state index is 0.179. The van der Waals surface area contributed by atoms with Crippen molar-refractivity contribution >= 4 is 12.2 Å². The van der Waals surface area contributed by atoms with Gasteiger partial charge in [0.05, 0.1) is 24.8 Å². The minimum atomic E-state index is 0.179. The van der Waals surface area contributed by atoms with Crippen LogP contribution >= 0.6 is 0 Å². The summed E-state index contributed by atoms with van der Waals surface area (Å²) < 4.78 is 0. The van der Waals surface area contributed by atoms with Crippen LogP contribution in [0.3, 0.4) is 0 Å². The summed E-state index contributed by atoms with van der Waals surface area (Å²) in [5.74, 6) is 0.414. The summed E-state index contributed by atoms with van der Waals surface area (Å²) in [6, 6.07) is 10.3. The first-order chi connectivity index (χ1) is 7.34. The highest BCUT2D eigenvalue weighted by molar-refractivity contribution is 5.94. The molecule has 1 fully saturated rings. The second-order valence-electron chi connectivity index (χ2n) is 4.13. The van der Waals surface area contributed by atoms with Gasteiger partial charge in [-0.3, -0.25) is 14.7 Å². The van der Waals surface area contributed by atoms with E-state index in [1.54, 1.807) is 11.2 Å². The Morgan fingerprint density at radius 2 is 2.13 bits per heavy atom. The molecule has 1 saturated carbocycles. The van der Waals surface area contributed by atoms with Gasteiger partial charge in [-0.15, -0.1) is 0 Å². The molecule has 0 N–H and O–H groups in total. The lowest BCUT2D eigenvalue weighted by molar-refractivity contribution is -0.129. The molecule has 3 rings (SSSR count). The first-order valence-corrected chi connectivity index (χ1v) is 5.22. The number of carbonyl (C=O) groups is 1. The van der Waals surface area contributed by atoms with E-state index in [1.807, 2.05) is 30.3 Å². The van der Waals surface area contributed by atoms with Gasteiger partial charge in [-0.05, 0) is 12.0 Å². The third-order valence-corrected chi connectivity index (χ3v) is 2.95. The van der Waals surface area contributed by atoms with Crippen LogP contribution in [0.5, 0.6) is 0 Å². The Morgan fingerprint density at radius 3 is 2.93 bits per heavy atom. The maximum atomic E-state index is 11.8. The van der Waals surface area contributed by atoms with Crippen molar-refractivity contribution in [2.24, 2.45) is 10.9 Å². The smallest absolute Gasteiger partial charge is 0.233 e. The zero-order valence-electron chi connectivity index (χ0n) is 8.34. The van der Waals surface area contributed by atoms with Crippen LogP contribution < -0.4 is 0 Å². The molecule has 2 unspecified atom stereocenters. The first-order valence-electron chi connectivity index (χ1n) is 5.22. The fourth-order valence-electron chi connectivity index (χ4n) is 1.95. The Morgan fingerprint density at radius 1 is 1.33 bits per heavy atom. The summed E-state index contributed by atoms with van der Waals surface area (Å²) >= 11 is 0. The Kier molecular flexibility index (Phi) is 1.84. The maximum absolute atomic E-state index is 11.8. The average molecular weight is 200 g/mol. The molecule has 1 aromatic rings. The molecule has 1 heterocycles. The van der Waals surface area contributed by atoms with Crippen molar-refractivity contribution in [3.63, 3.8) is 0 Å². The van der Waals surface area contributed by atoms with Gasteiger partial charge in [-0.2, -0.15) is 0 Å². The number of hydrogen-bond donors (Lipinski definition) is 0. The molecule has 2 aliphatic rings. The molecule has 0 saturated heterocycles. The quantitative estimate of drug-likeness (QED) is 0.711. The van der Waals surface area contributed by atoms with E-state index in [0.29, 0.717) is 12.6 Å². The third kappa shape index (κ3) is 1.54. The van der Waals surface area contributed by atoms with Crippen LogP contribution in [0, 0.1) is 5.92 Å². The Balaban J connectivity index is 1.76. The van der Waals surface area contributed by atoms with Crippen molar-refractivity contribution in [1.82, 2.24) is 4.90 Å². The molecule has 1 aliphatic heterocycles. The molecule has 0 spiro atoms. The number of nitrogens with zero attached hydrogens (tertiary/aromatic N) is 2. The molecule has 2 atom stereocenters. The lowest BCUT2D eigenvalue weighted by atomic mass is 10.2. The number of carbonyl (C=O) groups excluding carboxylic acids is 1. The number of aliphatic imine (C=N–C) groups is 1. The van der Waals surface area contributed by atoms with Gasteiger partial charge in [0.25, 0.3) is 0 Å². The molecule has 3 heteroatoms. The number of fused-ring (bicyclic) bond motifs is 1. The summed E-state index contributed by atoms with van der Waals surface area (Å²) in [5, 5.41) is 0. The normalized spacial score (nSPS) is 27.7. The lowest BCUT2D eigenvalue weighted by Gasteiger charge is -2.20. The minimum Gasteiger partial charge on any atom is -0.298 e. The fraction of sp³-hybridized carbons (Fsp3) is 0.333. The second-order valence-corrected chi connectivity index (χ2v) is 4.13. The summed E-state index contributed by atoms with van der Waals surface area (Å²) in [4.78, 5) is 17.8. The van der Waals surface area contributed by atoms with Crippen molar-refractivity contribution in [1.29, 1.82) is 0 Å². The first kappa shape index (κ1) is 8.65. The Hall–Kier alpha value is -1.64. The van der Waals surface area contributed by atoms with Gasteiger partial charge in [0.1, 0.15) is 0 Å². The van der Waals surface area contributed by atoms with Crippen LogP contribution in [0.25, 0.3) is 0 Å². The highest BCUT2D eigenvalue weighted by atomic mass is 16.2. The van der Waals surface area contributed by atoms with Crippen LogP contribution in [0.15, 0.2) is 35.3 Å². The van der Waals surface area contributed by atoms with Crippen molar-refractivity contribution in [3.05, 3.63) is 35.9 Å². The molecule has 3 nitrogen and oxygen atoms in total. The number of benzene rings is 1. The van der Waals surface area contributed by atoms with Crippen LogP contribution in [-0.2, 0) is 11.3 Å². The molecule has 0 bridgehead atoms. The summed E-state index contributed by atoms with van der Waals surface area (Å²) in [6.07, 6.45) is 2.64. The van der Waals surface area contributed by atoms with E-state index >= 15 is 0 Å². The van der Waals surface area contributed by atoms with E-state index in [1.165, 1.54) is 0 Å². The zero-order valence-corrected chi connectivity index (χ0v) is 8.34. The van der Waals surface area contributed by atoms with Crippen molar-refractivity contribution in [2.45, 2.75) is 19.0 Å². The monoisotopic (exact) mass is 200 g/mol. The van der Waals surface area contributed by atoms with Crippen molar-refractivity contribution in [2.75, 3.05) is 0 Å². The van der Waals surface area contributed by atoms with Crippen LogP contribution in [0.1, 0.15) is 12.0 Å². The van der Waals surface area contributed by atoms with E-state index in [9.17, 15) is 4.79 Å². The molecular formula is C12H12N2O.